The maximum atomic E-state index is 13.9. The summed E-state index contributed by atoms with van der Waals surface area (Å²) in [5.74, 6) is 0.492. The Morgan fingerprint density at radius 2 is 2.07 bits per heavy atom. The number of para-hydroxylation sites is 1. The number of halogens is 1. The first-order valence-corrected chi connectivity index (χ1v) is 10.4. The minimum atomic E-state index is -0.189. The Morgan fingerprint density at radius 3 is 2.85 bits per heavy atom. The molecule has 0 bridgehead atoms. The number of nitrogens with zero attached hydrogens (tertiary/aromatic N) is 3. The van der Waals surface area contributed by atoms with Crippen LogP contribution in [0.4, 0.5) is 15.2 Å². The minimum absolute atomic E-state index is 0.0199. The number of amides is 1. The van der Waals surface area contributed by atoms with Gasteiger partial charge in [0, 0.05) is 31.1 Å². The lowest BCUT2D eigenvalue weighted by Crippen LogP contribution is -2.48. The normalized spacial score (nSPS) is 20.4. The zero-order valence-corrected chi connectivity index (χ0v) is 16.4. The molecule has 0 saturated carbocycles. The van der Waals surface area contributed by atoms with Crippen LogP contribution in [0.3, 0.4) is 0 Å². The van der Waals surface area contributed by atoms with Crippen LogP contribution in [0.15, 0.2) is 24.3 Å². The van der Waals surface area contributed by atoms with E-state index in [0.29, 0.717) is 18.2 Å². The van der Waals surface area contributed by atoms with Crippen LogP contribution >= 0.6 is 11.3 Å². The number of hydrogen-bond acceptors (Lipinski definition) is 5. The summed E-state index contributed by atoms with van der Waals surface area (Å²) >= 11 is 1.62. The molecule has 5 nitrogen and oxygen atoms in total. The van der Waals surface area contributed by atoms with Gasteiger partial charge in [-0.25, -0.2) is 9.37 Å². The quantitative estimate of drug-likeness (QED) is 0.874. The van der Waals surface area contributed by atoms with Crippen molar-refractivity contribution in [2.75, 3.05) is 42.9 Å². The Labute approximate surface area is 163 Å². The highest BCUT2D eigenvalue weighted by Crippen LogP contribution is 2.32. The predicted molar refractivity (Wildman–Crippen MR) is 107 cm³/mol. The Morgan fingerprint density at radius 1 is 1.30 bits per heavy atom. The third-order valence-corrected chi connectivity index (χ3v) is 6.40. The predicted octanol–water partition coefficient (Wildman–Crippen LogP) is 3.17. The second-order valence-electron chi connectivity index (χ2n) is 7.50. The van der Waals surface area contributed by atoms with Gasteiger partial charge in [0.15, 0.2) is 5.13 Å². The van der Waals surface area contributed by atoms with E-state index in [1.165, 1.54) is 17.4 Å². The molecule has 1 aromatic heterocycles. The molecule has 1 unspecified atom stereocenters. The lowest BCUT2D eigenvalue weighted by Gasteiger charge is -2.35. The van der Waals surface area contributed by atoms with Crippen LogP contribution in [0, 0.1) is 11.7 Å². The Balaban J connectivity index is 1.28. The van der Waals surface area contributed by atoms with E-state index in [9.17, 15) is 9.18 Å². The lowest BCUT2D eigenvalue weighted by molar-refractivity contribution is -0.117. The molecule has 144 valence electrons. The zero-order valence-electron chi connectivity index (χ0n) is 15.6. The van der Waals surface area contributed by atoms with Gasteiger partial charge in [-0.15, -0.1) is 11.3 Å². The largest absolute Gasteiger partial charge is 0.367 e. The molecule has 0 spiro atoms. The first kappa shape index (κ1) is 18.4. The van der Waals surface area contributed by atoms with E-state index in [1.807, 2.05) is 17.0 Å². The SMILES string of the molecule is CC1CCc2nc(NC(=O)CN3CCN(c4ccccc4F)CC3)sc2C1. The maximum Gasteiger partial charge on any atom is 0.240 e. The van der Waals surface area contributed by atoms with E-state index in [1.54, 1.807) is 17.4 Å². The van der Waals surface area contributed by atoms with E-state index in [0.717, 1.165) is 49.8 Å². The topological polar surface area (TPSA) is 48.5 Å². The van der Waals surface area contributed by atoms with Gasteiger partial charge in [-0.3, -0.25) is 9.69 Å². The molecule has 4 rings (SSSR count). The Hall–Kier alpha value is -1.99. The first-order valence-electron chi connectivity index (χ1n) is 9.59. The maximum absolute atomic E-state index is 13.9. The smallest absolute Gasteiger partial charge is 0.240 e. The van der Waals surface area contributed by atoms with Crippen molar-refractivity contribution in [3.63, 3.8) is 0 Å². The van der Waals surface area contributed by atoms with Crippen LogP contribution in [0.25, 0.3) is 0 Å². The number of rotatable bonds is 4. The van der Waals surface area contributed by atoms with Crippen LogP contribution in [-0.4, -0.2) is 48.5 Å². The van der Waals surface area contributed by atoms with Crippen LogP contribution < -0.4 is 10.2 Å². The number of fused-ring (bicyclic) bond motifs is 1. The molecule has 1 N–H and O–H groups in total. The van der Waals surface area contributed by atoms with Gasteiger partial charge >= 0.3 is 0 Å². The number of nitrogens with one attached hydrogen (secondary N) is 1. The fourth-order valence-electron chi connectivity index (χ4n) is 3.81. The number of hydrogen-bond donors (Lipinski definition) is 1. The monoisotopic (exact) mass is 388 g/mol. The molecular formula is C20H25FN4OS. The molecule has 1 amide bonds. The van der Waals surface area contributed by atoms with E-state index in [4.69, 9.17) is 0 Å². The average molecular weight is 389 g/mol. The third kappa shape index (κ3) is 4.30. The highest BCUT2D eigenvalue weighted by Gasteiger charge is 2.23. The summed E-state index contributed by atoms with van der Waals surface area (Å²) in [6, 6.07) is 6.86. The van der Waals surface area contributed by atoms with Gasteiger partial charge in [0.2, 0.25) is 5.91 Å². The molecule has 0 radical (unpaired) electrons. The van der Waals surface area contributed by atoms with E-state index < -0.39 is 0 Å². The molecule has 1 saturated heterocycles. The van der Waals surface area contributed by atoms with E-state index >= 15 is 0 Å². The van der Waals surface area contributed by atoms with Gasteiger partial charge < -0.3 is 10.2 Å². The van der Waals surface area contributed by atoms with Crippen molar-refractivity contribution in [3.05, 3.63) is 40.7 Å². The standard InChI is InChI=1S/C20H25FN4OS/c1-14-6-7-16-18(12-14)27-20(22-16)23-19(26)13-24-8-10-25(11-9-24)17-5-3-2-4-15(17)21/h2-5,14H,6-13H2,1H3,(H,22,23,26). The number of aromatic nitrogens is 1. The lowest BCUT2D eigenvalue weighted by atomic mass is 9.93. The molecule has 1 aromatic carbocycles. The summed E-state index contributed by atoms with van der Waals surface area (Å²) in [6.45, 7) is 5.55. The Bertz CT molecular complexity index is 816. The fourth-order valence-corrected chi connectivity index (χ4v) is 5.00. The third-order valence-electron chi connectivity index (χ3n) is 5.37. The number of benzene rings is 1. The van der Waals surface area contributed by atoms with Gasteiger partial charge in [-0.05, 0) is 37.3 Å². The summed E-state index contributed by atoms with van der Waals surface area (Å²) in [7, 11) is 0. The number of piperazine rings is 1. The van der Waals surface area contributed by atoms with Gasteiger partial charge in [-0.1, -0.05) is 19.1 Å². The van der Waals surface area contributed by atoms with Crippen molar-refractivity contribution >= 4 is 28.1 Å². The van der Waals surface area contributed by atoms with Gasteiger partial charge in [0.1, 0.15) is 5.82 Å². The van der Waals surface area contributed by atoms with E-state index in [-0.39, 0.29) is 11.7 Å². The summed E-state index contributed by atoms with van der Waals surface area (Å²) in [4.78, 5) is 22.5. The highest BCUT2D eigenvalue weighted by atomic mass is 32.1. The van der Waals surface area contributed by atoms with Crippen molar-refractivity contribution < 1.29 is 9.18 Å². The van der Waals surface area contributed by atoms with Crippen molar-refractivity contribution in [3.8, 4) is 0 Å². The molecule has 1 aliphatic carbocycles. The van der Waals surface area contributed by atoms with Crippen LogP contribution in [0.5, 0.6) is 0 Å². The van der Waals surface area contributed by atoms with Crippen molar-refractivity contribution in [1.82, 2.24) is 9.88 Å². The van der Waals surface area contributed by atoms with Crippen molar-refractivity contribution in [2.45, 2.75) is 26.2 Å². The van der Waals surface area contributed by atoms with Crippen LogP contribution in [0.2, 0.25) is 0 Å². The second kappa shape index (κ2) is 7.94. The molecule has 2 heterocycles. The minimum Gasteiger partial charge on any atom is -0.367 e. The van der Waals surface area contributed by atoms with Crippen molar-refractivity contribution in [1.29, 1.82) is 0 Å². The number of carbonyl (C=O) groups is 1. The van der Waals surface area contributed by atoms with Crippen LogP contribution in [-0.2, 0) is 17.6 Å². The molecule has 2 aliphatic rings. The fraction of sp³-hybridized carbons (Fsp3) is 0.500. The molecule has 27 heavy (non-hydrogen) atoms. The van der Waals surface area contributed by atoms with Gasteiger partial charge in [0.05, 0.1) is 17.9 Å². The first-order chi connectivity index (χ1) is 13.1. The second-order valence-corrected chi connectivity index (χ2v) is 8.58. The van der Waals surface area contributed by atoms with Crippen LogP contribution in [0.1, 0.15) is 23.9 Å². The molecule has 7 heteroatoms. The molecular weight excluding hydrogens is 363 g/mol. The highest BCUT2D eigenvalue weighted by molar-refractivity contribution is 7.15. The number of carbonyl (C=O) groups excluding carboxylic acids is 1. The van der Waals surface area contributed by atoms with Gasteiger partial charge in [-0.2, -0.15) is 0 Å². The summed E-state index contributed by atoms with van der Waals surface area (Å²) in [5, 5.41) is 3.69. The van der Waals surface area contributed by atoms with Crippen molar-refractivity contribution in [2.24, 2.45) is 5.92 Å². The summed E-state index contributed by atoms with van der Waals surface area (Å²) in [5.41, 5.74) is 1.80. The summed E-state index contributed by atoms with van der Waals surface area (Å²) < 4.78 is 13.9. The zero-order chi connectivity index (χ0) is 18.8. The number of thiazole rings is 1. The number of aryl methyl sites for hydroxylation is 1. The van der Waals surface area contributed by atoms with E-state index in [2.05, 4.69) is 22.1 Å². The molecule has 1 atom stereocenters. The average Bonchev–Trinajstić information content (AvgIpc) is 3.04. The van der Waals surface area contributed by atoms with Gasteiger partial charge in [0.25, 0.3) is 0 Å². The Kier molecular flexibility index (Phi) is 5.41. The molecule has 1 aliphatic heterocycles. The number of anilines is 2. The molecule has 2 aromatic rings. The summed E-state index contributed by atoms with van der Waals surface area (Å²) in [6.07, 6.45) is 3.26. The molecule has 1 fully saturated rings.